The molecule has 138 valence electrons. The van der Waals surface area contributed by atoms with Crippen LogP contribution in [0.3, 0.4) is 0 Å². The highest BCUT2D eigenvalue weighted by atomic mass is 16.6. The number of non-ortho nitro benzene ring substituents is 1. The van der Waals surface area contributed by atoms with Crippen LogP contribution in [-0.2, 0) is 4.74 Å². The molecule has 0 saturated heterocycles. The maximum absolute atomic E-state index is 12.6. The van der Waals surface area contributed by atoms with Gasteiger partial charge < -0.3 is 4.74 Å². The number of nitrogens with zero attached hydrogens (tertiary/aromatic N) is 1. The third-order valence-electron chi connectivity index (χ3n) is 5.80. The minimum absolute atomic E-state index is 0.0417. The third-order valence-corrected chi connectivity index (χ3v) is 5.80. The van der Waals surface area contributed by atoms with E-state index in [1.807, 2.05) is 0 Å². The maximum atomic E-state index is 12.6. The van der Waals surface area contributed by atoms with E-state index in [0.29, 0.717) is 17.9 Å². The predicted molar refractivity (Wildman–Crippen MR) is 99.9 cm³/mol. The van der Waals surface area contributed by atoms with Crippen molar-refractivity contribution in [3.63, 3.8) is 0 Å². The summed E-state index contributed by atoms with van der Waals surface area (Å²) in [4.78, 5) is 22.8. The molecule has 1 fully saturated rings. The predicted octanol–water partition coefficient (Wildman–Crippen LogP) is 5.22. The van der Waals surface area contributed by atoms with Crippen molar-refractivity contribution in [1.29, 1.82) is 0 Å². The van der Waals surface area contributed by atoms with Crippen LogP contribution in [0.5, 0.6) is 0 Å². The van der Waals surface area contributed by atoms with Crippen molar-refractivity contribution in [2.75, 3.05) is 0 Å². The molecular weight excluding hydrogens is 330 g/mol. The zero-order valence-electron chi connectivity index (χ0n) is 15.6. The minimum Gasteiger partial charge on any atom is -0.458 e. The van der Waals surface area contributed by atoms with Crippen LogP contribution in [0, 0.1) is 21.4 Å². The first kappa shape index (κ1) is 18.4. The van der Waals surface area contributed by atoms with E-state index in [2.05, 4.69) is 27.4 Å². The summed E-state index contributed by atoms with van der Waals surface area (Å²) in [5.41, 5.74) is 4.16. The highest BCUT2D eigenvalue weighted by Gasteiger charge is 2.41. The van der Waals surface area contributed by atoms with Crippen molar-refractivity contribution in [3.8, 4) is 0 Å². The monoisotopic (exact) mass is 355 g/mol. The Kier molecular flexibility index (Phi) is 4.74. The van der Waals surface area contributed by atoms with Crippen molar-refractivity contribution in [2.24, 2.45) is 11.3 Å². The molecule has 1 saturated carbocycles. The van der Waals surface area contributed by atoms with E-state index < -0.39 is 10.9 Å². The maximum Gasteiger partial charge on any atom is 0.338 e. The van der Waals surface area contributed by atoms with Crippen molar-refractivity contribution in [2.45, 2.75) is 52.6 Å². The normalized spacial score (nSPS) is 24.8. The van der Waals surface area contributed by atoms with Gasteiger partial charge in [0, 0.05) is 29.9 Å². The summed E-state index contributed by atoms with van der Waals surface area (Å²) in [5, 5.41) is 10.8. The molecule has 0 bridgehead atoms. The van der Waals surface area contributed by atoms with Crippen molar-refractivity contribution >= 4 is 11.7 Å². The first-order valence-corrected chi connectivity index (χ1v) is 9.00. The molecule has 0 heterocycles. The molecule has 1 aromatic rings. The van der Waals surface area contributed by atoms with Crippen LogP contribution < -0.4 is 0 Å². The average Bonchev–Trinajstić information content (AvgIpc) is 2.90. The van der Waals surface area contributed by atoms with Crippen molar-refractivity contribution in [3.05, 3.63) is 63.2 Å². The van der Waals surface area contributed by atoms with E-state index in [4.69, 9.17) is 4.74 Å². The number of benzene rings is 1. The van der Waals surface area contributed by atoms with Gasteiger partial charge in [0.2, 0.25) is 0 Å². The number of ether oxygens (including phenoxy) is 1. The number of esters is 1. The van der Waals surface area contributed by atoms with E-state index in [-0.39, 0.29) is 17.2 Å². The molecule has 2 aliphatic rings. The lowest BCUT2D eigenvalue weighted by Crippen LogP contribution is -2.33. The molecule has 0 aliphatic heterocycles. The molecule has 0 aromatic heterocycles. The van der Waals surface area contributed by atoms with Gasteiger partial charge in [0.05, 0.1) is 10.5 Å². The van der Waals surface area contributed by atoms with Gasteiger partial charge in [0.1, 0.15) is 6.10 Å². The Bertz CT molecular complexity index is 789. The number of carbonyl (C=O) groups is 1. The molecule has 0 N–H and O–H groups in total. The zero-order chi connectivity index (χ0) is 19.1. The molecule has 2 atom stereocenters. The van der Waals surface area contributed by atoms with E-state index in [1.54, 1.807) is 0 Å². The smallest absolute Gasteiger partial charge is 0.338 e. The molecule has 0 unspecified atom stereocenters. The second-order valence-corrected chi connectivity index (χ2v) is 8.12. The largest absolute Gasteiger partial charge is 0.458 e. The Labute approximate surface area is 153 Å². The fraction of sp³-hybridized carbons (Fsp3) is 0.476. The second-order valence-electron chi connectivity index (χ2n) is 8.12. The molecule has 5 heteroatoms. The van der Waals surface area contributed by atoms with E-state index >= 15 is 0 Å². The number of fused-ring (bicyclic) bond motifs is 1. The Morgan fingerprint density at radius 1 is 1.31 bits per heavy atom. The van der Waals surface area contributed by atoms with Crippen LogP contribution in [0.25, 0.3) is 0 Å². The van der Waals surface area contributed by atoms with Crippen LogP contribution in [-0.4, -0.2) is 17.0 Å². The van der Waals surface area contributed by atoms with Gasteiger partial charge >= 0.3 is 5.97 Å². The van der Waals surface area contributed by atoms with Crippen molar-refractivity contribution in [1.82, 2.24) is 0 Å². The first-order valence-electron chi connectivity index (χ1n) is 9.00. The number of allylic oxidation sites excluding steroid dienone is 2. The lowest BCUT2D eigenvalue weighted by atomic mass is 9.80. The quantitative estimate of drug-likeness (QED) is 0.322. The Morgan fingerprint density at radius 2 is 1.96 bits per heavy atom. The van der Waals surface area contributed by atoms with Crippen LogP contribution in [0.2, 0.25) is 0 Å². The molecule has 2 aliphatic carbocycles. The van der Waals surface area contributed by atoms with Crippen LogP contribution in [0.1, 0.15) is 56.8 Å². The van der Waals surface area contributed by atoms with Gasteiger partial charge in [0.15, 0.2) is 0 Å². The molecule has 1 aromatic carbocycles. The molecule has 5 nitrogen and oxygen atoms in total. The van der Waals surface area contributed by atoms with Crippen LogP contribution in [0.4, 0.5) is 5.69 Å². The molecule has 26 heavy (non-hydrogen) atoms. The van der Waals surface area contributed by atoms with Gasteiger partial charge in [-0.15, -0.1) is 0 Å². The highest BCUT2D eigenvalue weighted by Crippen LogP contribution is 2.49. The van der Waals surface area contributed by atoms with Crippen LogP contribution in [0.15, 0.2) is 47.6 Å². The van der Waals surface area contributed by atoms with Gasteiger partial charge in [-0.1, -0.05) is 37.1 Å². The fourth-order valence-electron chi connectivity index (χ4n) is 4.10. The number of rotatable bonds is 3. The second kappa shape index (κ2) is 6.71. The number of nitro benzene ring substituents is 1. The minimum atomic E-state index is -0.484. The lowest BCUT2D eigenvalue weighted by molar-refractivity contribution is -0.384. The summed E-state index contributed by atoms with van der Waals surface area (Å²) < 4.78 is 5.85. The number of hydrogen-bond acceptors (Lipinski definition) is 4. The van der Waals surface area contributed by atoms with E-state index in [0.717, 1.165) is 24.8 Å². The fourth-order valence-corrected chi connectivity index (χ4v) is 4.10. The molecule has 0 spiro atoms. The Morgan fingerprint density at radius 3 is 2.58 bits per heavy atom. The Balaban J connectivity index is 1.80. The third kappa shape index (κ3) is 3.43. The summed E-state index contributed by atoms with van der Waals surface area (Å²) >= 11 is 0. The topological polar surface area (TPSA) is 69.4 Å². The summed E-state index contributed by atoms with van der Waals surface area (Å²) in [6.07, 6.45) is 3.54. The zero-order valence-corrected chi connectivity index (χ0v) is 15.6. The number of nitro groups is 1. The van der Waals surface area contributed by atoms with Gasteiger partial charge in [-0.05, 0) is 38.3 Å². The SMILES string of the molecule is C=C1C[C@@H](OC(=O)c2ccc([N+](=O)[O-])cc2)C(C)(C)CC2=C(C)CC[C@@H]12. The van der Waals surface area contributed by atoms with Gasteiger partial charge in [0.25, 0.3) is 5.69 Å². The van der Waals surface area contributed by atoms with Gasteiger partial charge in [-0.3, -0.25) is 10.1 Å². The van der Waals surface area contributed by atoms with E-state index in [1.165, 1.54) is 35.4 Å². The molecule has 0 amide bonds. The van der Waals surface area contributed by atoms with Crippen LogP contribution >= 0.6 is 0 Å². The highest BCUT2D eigenvalue weighted by molar-refractivity contribution is 5.89. The summed E-state index contributed by atoms with van der Waals surface area (Å²) in [5.74, 6) is -0.0270. The van der Waals surface area contributed by atoms with Gasteiger partial charge in [-0.2, -0.15) is 0 Å². The molecule has 3 rings (SSSR count). The molecule has 0 radical (unpaired) electrons. The number of carbonyl (C=O) groups excluding carboxylic acids is 1. The first-order chi connectivity index (χ1) is 12.2. The average molecular weight is 355 g/mol. The number of hydrogen-bond donors (Lipinski definition) is 0. The Hall–Kier alpha value is -2.43. The summed E-state index contributed by atoms with van der Waals surface area (Å²) in [6, 6.07) is 5.54. The van der Waals surface area contributed by atoms with Crippen molar-refractivity contribution < 1.29 is 14.5 Å². The summed E-state index contributed by atoms with van der Waals surface area (Å²) in [6.45, 7) is 10.7. The van der Waals surface area contributed by atoms with E-state index in [9.17, 15) is 14.9 Å². The summed E-state index contributed by atoms with van der Waals surface area (Å²) in [7, 11) is 0. The van der Waals surface area contributed by atoms with Gasteiger partial charge in [-0.25, -0.2) is 4.79 Å². The standard InChI is InChI=1S/C21H25NO4/c1-13-5-10-17-14(2)11-19(21(3,4)12-18(13)17)26-20(23)15-6-8-16(9-7-15)22(24)25/h6-9,17,19H,2,5,10-12H2,1,3-4H3/t17-,19+/m0/s1. The molecular formula is C21H25NO4. The lowest BCUT2D eigenvalue weighted by Gasteiger charge is -2.32.